The van der Waals surface area contributed by atoms with E-state index in [1.54, 1.807) is 11.0 Å². The second kappa shape index (κ2) is 5.71. The Morgan fingerprint density at radius 3 is 2.44 bits per heavy atom. The number of halogens is 1. The van der Waals surface area contributed by atoms with Crippen molar-refractivity contribution >= 4 is 11.9 Å². The normalized spacial score (nSPS) is 26.0. The minimum Gasteiger partial charge on any atom is -0.478 e. The van der Waals surface area contributed by atoms with Crippen LogP contribution in [0.15, 0.2) is 24.3 Å². The molecule has 0 aromatic heterocycles. The number of carboxylic acids is 1. The van der Waals surface area contributed by atoms with Gasteiger partial charge in [0.05, 0.1) is 0 Å². The van der Waals surface area contributed by atoms with Crippen LogP contribution >= 0.6 is 0 Å². The van der Waals surface area contributed by atoms with Crippen LogP contribution in [0.25, 0.3) is 0 Å². The summed E-state index contributed by atoms with van der Waals surface area (Å²) in [5, 5.41) is 9.67. The molecule has 6 heteroatoms. The van der Waals surface area contributed by atoms with Crippen molar-refractivity contribution in [3.63, 3.8) is 0 Å². The predicted octanol–water partition coefficient (Wildman–Crippen LogP) is 2.84. The summed E-state index contributed by atoms with van der Waals surface area (Å²) in [5.41, 5.74) is -1.13. The summed E-state index contributed by atoms with van der Waals surface area (Å²) in [6.45, 7) is 0.736. The van der Waals surface area contributed by atoms with Crippen molar-refractivity contribution in [2.24, 2.45) is 11.3 Å². The predicted molar refractivity (Wildman–Crippen MR) is 87.6 cm³/mol. The lowest BCUT2D eigenvalue weighted by atomic mass is 9.79. The number of hydrogen-bond donors (Lipinski definition) is 1. The van der Waals surface area contributed by atoms with E-state index in [0.29, 0.717) is 13.1 Å². The van der Waals surface area contributed by atoms with Crippen molar-refractivity contribution in [2.75, 3.05) is 13.1 Å². The molecule has 1 aromatic carbocycles. The molecule has 0 unspecified atom stereocenters. The standard InChI is InChI=1S/C19H22FNO4/c20-13-3-1-4-14(11-13)25-19(17(23)24)7-9-21(10-8-19)16(22)15-12-18(15)5-2-6-18/h1,3-4,11,15H,2,5-10,12H2,(H,23,24)/t15-/m0/s1. The Morgan fingerprint density at radius 2 is 1.92 bits per heavy atom. The zero-order valence-corrected chi connectivity index (χ0v) is 14.0. The lowest BCUT2D eigenvalue weighted by Gasteiger charge is -2.39. The smallest absolute Gasteiger partial charge is 0.348 e. The van der Waals surface area contributed by atoms with Crippen LogP contribution in [-0.2, 0) is 9.59 Å². The van der Waals surface area contributed by atoms with Crippen LogP contribution in [0.3, 0.4) is 0 Å². The molecule has 4 rings (SSSR count). The van der Waals surface area contributed by atoms with Gasteiger partial charge in [-0.05, 0) is 36.8 Å². The molecule has 0 bridgehead atoms. The van der Waals surface area contributed by atoms with Crippen molar-refractivity contribution in [3.05, 3.63) is 30.1 Å². The fraction of sp³-hybridized carbons (Fsp3) is 0.579. The summed E-state index contributed by atoms with van der Waals surface area (Å²) < 4.78 is 19.0. The van der Waals surface area contributed by atoms with Crippen LogP contribution in [0.4, 0.5) is 4.39 Å². The molecule has 1 heterocycles. The van der Waals surface area contributed by atoms with Crippen molar-refractivity contribution in [3.8, 4) is 5.75 Å². The largest absolute Gasteiger partial charge is 0.478 e. The van der Waals surface area contributed by atoms with E-state index < -0.39 is 17.4 Å². The zero-order valence-electron chi connectivity index (χ0n) is 14.0. The highest BCUT2D eigenvalue weighted by Gasteiger charge is 2.62. The first kappa shape index (κ1) is 16.4. The van der Waals surface area contributed by atoms with Crippen LogP contribution in [0.2, 0.25) is 0 Å². The Kier molecular flexibility index (Phi) is 3.74. The van der Waals surface area contributed by atoms with Crippen LogP contribution in [-0.4, -0.2) is 40.6 Å². The van der Waals surface area contributed by atoms with Crippen LogP contribution in [0.1, 0.15) is 38.5 Å². The summed E-state index contributed by atoms with van der Waals surface area (Å²) in [4.78, 5) is 26.3. The third-order valence-corrected chi connectivity index (χ3v) is 6.22. The highest BCUT2D eigenvalue weighted by atomic mass is 19.1. The number of amides is 1. The number of carbonyl (C=O) groups is 2. The monoisotopic (exact) mass is 347 g/mol. The van der Waals surface area contributed by atoms with Crippen molar-refractivity contribution in [1.29, 1.82) is 0 Å². The molecule has 1 aliphatic heterocycles. The first-order valence-electron chi connectivity index (χ1n) is 8.91. The van der Waals surface area contributed by atoms with Gasteiger partial charge in [-0.3, -0.25) is 4.79 Å². The van der Waals surface area contributed by atoms with Gasteiger partial charge in [-0.1, -0.05) is 12.5 Å². The number of likely N-dealkylation sites (tertiary alicyclic amines) is 1. The third kappa shape index (κ3) is 2.77. The Bertz CT molecular complexity index is 707. The first-order chi connectivity index (χ1) is 11.9. The molecule has 3 fully saturated rings. The van der Waals surface area contributed by atoms with Crippen molar-refractivity contribution in [2.45, 2.75) is 44.1 Å². The van der Waals surface area contributed by atoms with Gasteiger partial charge in [0.1, 0.15) is 11.6 Å². The number of piperidine rings is 1. The van der Waals surface area contributed by atoms with Gasteiger partial charge < -0.3 is 14.7 Å². The number of rotatable bonds is 4. The van der Waals surface area contributed by atoms with E-state index in [2.05, 4.69) is 0 Å². The topological polar surface area (TPSA) is 66.8 Å². The van der Waals surface area contributed by atoms with E-state index in [9.17, 15) is 19.1 Å². The molecule has 5 nitrogen and oxygen atoms in total. The lowest BCUT2D eigenvalue weighted by molar-refractivity contribution is -0.162. The zero-order chi connectivity index (χ0) is 17.7. The first-order valence-corrected chi connectivity index (χ1v) is 8.91. The molecule has 2 saturated carbocycles. The minimum absolute atomic E-state index is 0.141. The molecule has 1 N–H and O–H groups in total. The Balaban J connectivity index is 1.42. The molecular formula is C19H22FNO4. The maximum atomic E-state index is 13.3. The number of aliphatic carboxylic acids is 1. The molecular weight excluding hydrogens is 325 g/mol. The number of nitrogens with zero attached hydrogens (tertiary/aromatic N) is 1. The summed E-state index contributed by atoms with van der Waals surface area (Å²) in [7, 11) is 0. The number of carboxylic acid groups (broad SMARTS) is 1. The molecule has 25 heavy (non-hydrogen) atoms. The van der Waals surface area contributed by atoms with Crippen molar-refractivity contribution < 1.29 is 23.8 Å². The molecule has 134 valence electrons. The minimum atomic E-state index is -1.40. The average molecular weight is 347 g/mol. The number of ether oxygens (including phenoxy) is 1. The fourth-order valence-corrected chi connectivity index (χ4v) is 4.30. The number of carbonyl (C=O) groups excluding carboxylic acids is 1. The quantitative estimate of drug-likeness (QED) is 0.909. The molecule has 1 saturated heterocycles. The van der Waals surface area contributed by atoms with Crippen LogP contribution in [0, 0.1) is 17.2 Å². The molecule has 1 atom stereocenters. The van der Waals surface area contributed by atoms with Gasteiger partial charge in [-0.2, -0.15) is 0 Å². The molecule has 2 aliphatic carbocycles. The second-order valence-corrected chi connectivity index (χ2v) is 7.66. The SMILES string of the molecule is O=C([C@@H]1CC12CCC2)N1CCC(Oc2cccc(F)c2)(C(=O)O)CC1. The summed E-state index contributed by atoms with van der Waals surface area (Å²) >= 11 is 0. The van der Waals surface area contributed by atoms with Crippen LogP contribution in [0.5, 0.6) is 5.75 Å². The second-order valence-electron chi connectivity index (χ2n) is 7.66. The Morgan fingerprint density at radius 1 is 1.20 bits per heavy atom. The molecule has 1 amide bonds. The molecule has 1 spiro atoms. The molecule has 1 aromatic rings. The van der Waals surface area contributed by atoms with Gasteiger partial charge in [0.15, 0.2) is 0 Å². The van der Waals surface area contributed by atoms with E-state index in [0.717, 1.165) is 19.3 Å². The highest BCUT2D eigenvalue weighted by molar-refractivity contribution is 5.84. The fourth-order valence-electron chi connectivity index (χ4n) is 4.30. The Labute approximate surface area is 145 Å². The summed E-state index contributed by atoms with van der Waals surface area (Å²) in [6, 6.07) is 5.51. The van der Waals surface area contributed by atoms with Gasteiger partial charge >= 0.3 is 5.97 Å². The van der Waals surface area contributed by atoms with Gasteiger partial charge in [-0.25, -0.2) is 9.18 Å². The van der Waals surface area contributed by atoms with E-state index in [1.807, 2.05) is 0 Å². The lowest BCUT2D eigenvalue weighted by Crippen LogP contribution is -2.54. The molecule has 3 aliphatic rings. The van der Waals surface area contributed by atoms with E-state index in [-0.39, 0.29) is 35.8 Å². The van der Waals surface area contributed by atoms with Gasteiger partial charge in [0, 0.05) is 37.9 Å². The summed E-state index contributed by atoms with van der Waals surface area (Å²) in [5.74, 6) is -1.01. The Hall–Kier alpha value is -2.11. The van der Waals surface area contributed by atoms with Crippen LogP contribution < -0.4 is 4.74 Å². The number of benzene rings is 1. The molecule has 0 radical (unpaired) electrons. The number of hydrogen-bond acceptors (Lipinski definition) is 3. The highest BCUT2D eigenvalue weighted by Crippen LogP contribution is 2.66. The van der Waals surface area contributed by atoms with Gasteiger partial charge in [0.25, 0.3) is 0 Å². The van der Waals surface area contributed by atoms with E-state index >= 15 is 0 Å². The van der Waals surface area contributed by atoms with Gasteiger partial charge in [0.2, 0.25) is 11.5 Å². The maximum absolute atomic E-state index is 13.3. The van der Waals surface area contributed by atoms with E-state index in [4.69, 9.17) is 4.74 Å². The summed E-state index contributed by atoms with van der Waals surface area (Å²) in [6.07, 6.45) is 4.94. The average Bonchev–Trinajstić information content (AvgIpc) is 3.31. The third-order valence-electron chi connectivity index (χ3n) is 6.22. The van der Waals surface area contributed by atoms with Crippen molar-refractivity contribution in [1.82, 2.24) is 4.90 Å². The van der Waals surface area contributed by atoms with Gasteiger partial charge in [-0.15, -0.1) is 0 Å². The van der Waals surface area contributed by atoms with E-state index in [1.165, 1.54) is 24.6 Å². The maximum Gasteiger partial charge on any atom is 0.348 e.